The number of ether oxygens (including phenoxy) is 1. The zero-order valence-corrected chi connectivity index (χ0v) is 21.4. The molecule has 7 heteroatoms. The average Bonchev–Trinajstić information content (AvgIpc) is 2.84. The number of nitrogens with zero attached hydrogens (tertiary/aromatic N) is 2. The van der Waals surface area contributed by atoms with Gasteiger partial charge in [-0.25, -0.2) is 4.79 Å². The van der Waals surface area contributed by atoms with Crippen molar-refractivity contribution in [3.63, 3.8) is 0 Å². The average molecular weight is 487 g/mol. The lowest BCUT2D eigenvalue weighted by Gasteiger charge is -2.47. The Hall–Kier alpha value is -1.96. The van der Waals surface area contributed by atoms with Gasteiger partial charge in [0.2, 0.25) is 5.91 Å². The fraction of sp³-hybridized carbons (Fsp3) is 0.462. The number of hydrogen-bond acceptors (Lipinski definition) is 6. The van der Waals surface area contributed by atoms with Crippen molar-refractivity contribution in [3.05, 3.63) is 66.2 Å². The van der Waals surface area contributed by atoms with Crippen LogP contribution in [-0.4, -0.2) is 46.9 Å². The normalized spacial score (nSPS) is 16.2. The summed E-state index contributed by atoms with van der Waals surface area (Å²) in [7, 11) is 1.18. The molecular formula is C26H34N2O3S2. The Morgan fingerprint density at radius 2 is 1.64 bits per heavy atom. The van der Waals surface area contributed by atoms with Gasteiger partial charge in [-0.15, -0.1) is 11.7 Å². The second kappa shape index (κ2) is 11.4. The second-order valence-electron chi connectivity index (χ2n) is 8.91. The molecule has 33 heavy (non-hydrogen) atoms. The standard InChI is InChI=1S/C26H34N2O3S2/c1-4-23(29)28(22-13-9-6-10-14-22)26(24(30)31-25(2,3)33-32)16-19-27(20-17-26)18-15-21-11-7-5-8-12-21/h5-14,32H,4,15-20H2,1-3H3. The summed E-state index contributed by atoms with van der Waals surface area (Å²) in [6, 6.07) is 19.9. The minimum atomic E-state index is -1.04. The van der Waals surface area contributed by atoms with Gasteiger partial charge in [-0.1, -0.05) is 55.5 Å². The van der Waals surface area contributed by atoms with E-state index in [1.165, 1.54) is 16.4 Å². The molecule has 2 aromatic rings. The lowest BCUT2D eigenvalue weighted by Crippen LogP contribution is -2.63. The van der Waals surface area contributed by atoms with Crippen LogP contribution in [0.1, 0.15) is 45.6 Å². The Morgan fingerprint density at radius 1 is 1.06 bits per heavy atom. The lowest BCUT2D eigenvalue weighted by atomic mass is 9.84. The van der Waals surface area contributed by atoms with Gasteiger partial charge in [0.05, 0.1) is 0 Å². The highest BCUT2D eigenvalue weighted by molar-refractivity contribution is 8.69. The van der Waals surface area contributed by atoms with Crippen molar-refractivity contribution in [2.45, 2.75) is 56.9 Å². The van der Waals surface area contributed by atoms with Gasteiger partial charge < -0.3 is 9.64 Å². The first-order valence-corrected chi connectivity index (χ1v) is 13.4. The smallest absolute Gasteiger partial charge is 0.333 e. The maximum Gasteiger partial charge on any atom is 0.333 e. The van der Waals surface area contributed by atoms with E-state index in [9.17, 15) is 9.59 Å². The molecule has 1 heterocycles. The molecule has 1 aliphatic heterocycles. The van der Waals surface area contributed by atoms with Gasteiger partial charge in [-0.3, -0.25) is 9.69 Å². The van der Waals surface area contributed by atoms with E-state index in [0.717, 1.165) is 31.7 Å². The summed E-state index contributed by atoms with van der Waals surface area (Å²) in [6.07, 6.45) is 2.31. The van der Waals surface area contributed by atoms with Gasteiger partial charge in [-0.2, -0.15) is 0 Å². The second-order valence-corrected chi connectivity index (χ2v) is 10.6. The van der Waals surface area contributed by atoms with Crippen LogP contribution in [0.3, 0.4) is 0 Å². The molecule has 178 valence electrons. The Bertz CT molecular complexity index is 914. The molecule has 0 radical (unpaired) electrons. The molecule has 0 atom stereocenters. The molecule has 0 aliphatic carbocycles. The van der Waals surface area contributed by atoms with Gasteiger partial charge in [0.1, 0.15) is 5.54 Å². The van der Waals surface area contributed by atoms with Crippen molar-refractivity contribution in [3.8, 4) is 0 Å². The molecular weight excluding hydrogens is 452 g/mol. The van der Waals surface area contributed by atoms with Gasteiger partial charge in [-0.05, 0) is 61.6 Å². The monoisotopic (exact) mass is 486 g/mol. The third-order valence-corrected chi connectivity index (χ3v) is 8.02. The Balaban J connectivity index is 1.86. The van der Waals surface area contributed by atoms with E-state index >= 15 is 0 Å². The van der Waals surface area contributed by atoms with Crippen LogP contribution in [0.2, 0.25) is 0 Å². The first kappa shape index (κ1) is 25.7. The number of rotatable bonds is 9. The zero-order valence-electron chi connectivity index (χ0n) is 19.7. The van der Waals surface area contributed by atoms with E-state index in [2.05, 4.69) is 40.8 Å². The minimum Gasteiger partial charge on any atom is -0.446 e. The predicted octanol–water partition coefficient (Wildman–Crippen LogP) is 5.36. The van der Waals surface area contributed by atoms with E-state index in [-0.39, 0.29) is 11.9 Å². The fourth-order valence-corrected chi connectivity index (χ4v) is 4.52. The molecule has 0 saturated carbocycles. The number of hydrogen-bond donors (Lipinski definition) is 1. The summed E-state index contributed by atoms with van der Waals surface area (Å²) < 4.78 is 5.93. The van der Waals surface area contributed by atoms with Crippen molar-refractivity contribution < 1.29 is 14.3 Å². The van der Waals surface area contributed by atoms with Crippen LogP contribution < -0.4 is 4.90 Å². The molecule has 0 unspecified atom stereocenters. The van der Waals surface area contributed by atoms with Crippen LogP contribution in [0.25, 0.3) is 0 Å². The Morgan fingerprint density at radius 3 is 2.18 bits per heavy atom. The quantitative estimate of drug-likeness (QED) is 0.224. The third kappa shape index (κ3) is 6.34. The van der Waals surface area contributed by atoms with Crippen LogP contribution in [0.5, 0.6) is 0 Å². The van der Waals surface area contributed by atoms with E-state index in [0.29, 0.717) is 19.3 Å². The van der Waals surface area contributed by atoms with Crippen molar-refractivity contribution in [2.75, 3.05) is 24.5 Å². The van der Waals surface area contributed by atoms with E-state index in [4.69, 9.17) is 4.74 Å². The van der Waals surface area contributed by atoms with Crippen LogP contribution in [0.4, 0.5) is 5.69 Å². The Kier molecular flexibility index (Phi) is 8.90. The number of carbonyl (C=O) groups excluding carboxylic acids is 2. The number of amides is 1. The molecule has 1 fully saturated rings. The molecule has 1 saturated heterocycles. The minimum absolute atomic E-state index is 0.0766. The number of anilines is 1. The summed E-state index contributed by atoms with van der Waals surface area (Å²) in [4.78, 5) is 30.2. The summed E-state index contributed by atoms with van der Waals surface area (Å²) in [5.41, 5.74) is 0.988. The van der Waals surface area contributed by atoms with Crippen molar-refractivity contribution in [1.29, 1.82) is 0 Å². The third-order valence-electron chi connectivity index (χ3n) is 6.18. The summed E-state index contributed by atoms with van der Waals surface area (Å²) in [5.74, 6) is -0.436. The van der Waals surface area contributed by atoms with Crippen LogP contribution in [0.15, 0.2) is 60.7 Å². The number of esters is 1. The molecule has 0 N–H and O–H groups in total. The molecule has 2 aromatic carbocycles. The molecule has 0 spiro atoms. The first-order valence-electron chi connectivity index (χ1n) is 11.5. The maximum atomic E-state index is 13.7. The molecule has 0 aromatic heterocycles. The number of benzene rings is 2. The lowest BCUT2D eigenvalue weighted by molar-refractivity contribution is -0.159. The maximum absolute atomic E-state index is 13.7. The van der Waals surface area contributed by atoms with Crippen molar-refractivity contribution in [2.24, 2.45) is 0 Å². The molecule has 3 rings (SSSR count). The summed E-state index contributed by atoms with van der Waals surface area (Å²) >= 11 is 4.28. The topological polar surface area (TPSA) is 49.9 Å². The Labute approximate surface area is 206 Å². The van der Waals surface area contributed by atoms with E-state index in [1.54, 1.807) is 4.90 Å². The summed E-state index contributed by atoms with van der Waals surface area (Å²) in [6.45, 7) is 7.83. The molecule has 1 aliphatic rings. The van der Waals surface area contributed by atoms with Crippen LogP contribution >= 0.6 is 22.5 Å². The SMILES string of the molecule is CCC(=O)N(c1ccccc1)C1(C(=O)OC(C)(C)SS)CCN(CCc2ccccc2)CC1. The highest BCUT2D eigenvalue weighted by Crippen LogP contribution is 2.38. The van der Waals surface area contributed by atoms with E-state index < -0.39 is 10.5 Å². The van der Waals surface area contributed by atoms with Crippen molar-refractivity contribution in [1.82, 2.24) is 4.90 Å². The van der Waals surface area contributed by atoms with Crippen LogP contribution in [-0.2, 0) is 20.7 Å². The van der Waals surface area contributed by atoms with Gasteiger partial charge in [0, 0.05) is 31.7 Å². The number of para-hydroxylation sites is 1. The van der Waals surface area contributed by atoms with Crippen molar-refractivity contribution >= 4 is 40.0 Å². The first-order chi connectivity index (χ1) is 15.8. The molecule has 0 bridgehead atoms. The summed E-state index contributed by atoms with van der Waals surface area (Å²) in [5, 5.41) is 0. The van der Waals surface area contributed by atoms with E-state index in [1.807, 2.05) is 57.2 Å². The fourth-order valence-electron chi connectivity index (χ4n) is 4.30. The molecule has 5 nitrogen and oxygen atoms in total. The highest BCUT2D eigenvalue weighted by atomic mass is 33.1. The number of thiol groups is 1. The van der Waals surface area contributed by atoms with Gasteiger partial charge in [0.25, 0.3) is 0 Å². The number of likely N-dealkylation sites (tertiary alicyclic amines) is 1. The van der Waals surface area contributed by atoms with Gasteiger partial charge in [0.15, 0.2) is 4.93 Å². The number of carbonyl (C=O) groups is 2. The number of piperidine rings is 1. The molecule has 1 amide bonds. The van der Waals surface area contributed by atoms with Gasteiger partial charge >= 0.3 is 5.97 Å². The van der Waals surface area contributed by atoms with Crippen LogP contribution in [0, 0.1) is 0 Å². The zero-order chi connectivity index (χ0) is 23.9. The highest BCUT2D eigenvalue weighted by Gasteiger charge is 2.51. The largest absolute Gasteiger partial charge is 0.446 e. The predicted molar refractivity (Wildman–Crippen MR) is 140 cm³/mol.